The highest BCUT2D eigenvalue weighted by atomic mass is 32.2. The lowest BCUT2D eigenvalue weighted by Crippen LogP contribution is -2.34. The van der Waals surface area contributed by atoms with Crippen LogP contribution in [0.25, 0.3) is 0 Å². The third-order valence-corrected chi connectivity index (χ3v) is 7.85. The Morgan fingerprint density at radius 2 is 1.86 bits per heavy atom. The lowest BCUT2D eigenvalue weighted by atomic mass is 9.87. The van der Waals surface area contributed by atoms with Crippen molar-refractivity contribution in [3.05, 3.63) is 47.9 Å². The Balaban J connectivity index is 1.47. The van der Waals surface area contributed by atoms with Crippen molar-refractivity contribution >= 4 is 21.6 Å². The molecule has 1 aliphatic heterocycles. The van der Waals surface area contributed by atoms with Gasteiger partial charge in [0.15, 0.2) is 15.7 Å². The maximum absolute atomic E-state index is 13.3. The molecule has 9 heteroatoms. The van der Waals surface area contributed by atoms with Crippen LogP contribution in [-0.2, 0) is 19.4 Å². The summed E-state index contributed by atoms with van der Waals surface area (Å²) in [6, 6.07) is 6.56. The molecule has 2 aliphatic rings. The van der Waals surface area contributed by atoms with Gasteiger partial charge in [0.05, 0.1) is 36.4 Å². The van der Waals surface area contributed by atoms with Crippen molar-refractivity contribution in [2.45, 2.75) is 61.4 Å². The van der Waals surface area contributed by atoms with Crippen LogP contribution in [0.4, 0.5) is 5.82 Å². The Labute approximate surface area is 206 Å². The van der Waals surface area contributed by atoms with Gasteiger partial charge in [0.1, 0.15) is 11.3 Å². The summed E-state index contributed by atoms with van der Waals surface area (Å²) < 4.78 is 28.9. The molecule has 186 valence electrons. The number of carbonyl (C=O) groups excluding carboxylic acids is 1. The molecule has 1 amide bonds. The van der Waals surface area contributed by atoms with Crippen molar-refractivity contribution in [3.63, 3.8) is 0 Å². The van der Waals surface area contributed by atoms with E-state index in [1.807, 2.05) is 0 Å². The molecule has 1 aliphatic carbocycles. The highest BCUT2D eigenvalue weighted by Crippen LogP contribution is 2.35. The number of nitrogens with zero attached hydrogens (tertiary/aromatic N) is 2. The van der Waals surface area contributed by atoms with Gasteiger partial charge < -0.3 is 15.2 Å². The van der Waals surface area contributed by atoms with E-state index in [9.17, 15) is 18.3 Å². The summed E-state index contributed by atoms with van der Waals surface area (Å²) >= 11 is 0. The van der Waals surface area contributed by atoms with Crippen LogP contribution >= 0.6 is 0 Å². The van der Waals surface area contributed by atoms with Crippen molar-refractivity contribution in [1.82, 2.24) is 9.97 Å². The Bertz CT molecular complexity index is 1190. The van der Waals surface area contributed by atoms with Gasteiger partial charge in [-0.05, 0) is 36.0 Å². The molecule has 0 bridgehead atoms. The average Bonchev–Trinajstić information content (AvgIpc) is 3.36. The first-order chi connectivity index (χ1) is 16.7. The monoisotopic (exact) mass is 497 g/mol. The quantitative estimate of drug-likeness (QED) is 0.589. The Morgan fingerprint density at radius 3 is 2.46 bits per heavy atom. The summed E-state index contributed by atoms with van der Waals surface area (Å²) in [5.41, 5.74) is 0.108. The summed E-state index contributed by atoms with van der Waals surface area (Å²) in [5, 5.41) is 13.3. The molecule has 35 heavy (non-hydrogen) atoms. The van der Waals surface area contributed by atoms with Crippen molar-refractivity contribution in [2.75, 3.05) is 24.8 Å². The minimum atomic E-state index is -3.31. The maximum Gasteiger partial charge on any atom is 0.233 e. The molecule has 8 nitrogen and oxygen atoms in total. The van der Waals surface area contributed by atoms with Gasteiger partial charge in [0, 0.05) is 19.1 Å². The second kappa shape index (κ2) is 10.9. The number of anilines is 1. The standard InChI is InChI=1S/C26H31N3O5S/c1-35(32,33)22-8-6-20(7-9-22)23(16-19-4-2-3-5-19)25(30)29-24-18-27-21(17-28-24)10-11-26(31)12-14-34-15-13-26/h6-9,17-19,23,31H,2-5,12-16H2,1H3,(H,28,29,30)/t23-/m1/s1. The fourth-order valence-corrected chi connectivity index (χ4v) is 5.24. The van der Waals surface area contributed by atoms with E-state index < -0.39 is 21.4 Å². The number of amides is 1. The minimum Gasteiger partial charge on any atom is -0.381 e. The number of rotatable bonds is 6. The summed E-state index contributed by atoms with van der Waals surface area (Å²) in [6.45, 7) is 0.946. The number of aliphatic hydroxyl groups is 1. The Morgan fingerprint density at radius 1 is 1.17 bits per heavy atom. The van der Waals surface area contributed by atoms with Gasteiger partial charge in [-0.15, -0.1) is 0 Å². The van der Waals surface area contributed by atoms with Gasteiger partial charge in [-0.1, -0.05) is 43.7 Å². The molecular formula is C26H31N3O5S. The van der Waals surface area contributed by atoms with Gasteiger partial charge in [-0.2, -0.15) is 0 Å². The minimum absolute atomic E-state index is 0.200. The predicted octanol–water partition coefficient (Wildman–Crippen LogP) is 3.08. The number of aromatic nitrogens is 2. The highest BCUT2D eigenvalue weighted by molar-refractivity contribution is 7.90. The topological polar surface area (TPSA) is 118 Å². The number of carbonyl (C=O) groups is 1. The van der Waals surface area contributed by atoms with E-state index in [2.05, 4.69) is 27.1 Å². The Kier molecular flexibility index (Phi) is 7.85. The van der Waals surface area contributed by atoms with Crippen LogP contribution in [0, 0.1) is 17.8 Å². The van der Waals surface area contributed by atoms with Crippen molar-refractivity contribution in [2.24, 2.45) is 5.92 Å². The third-order valence-electron chi connectivity index (χ3n) is 6.72. The van der Waals surface area contributed by atoms with E-state index >= 15 is 0 Å². The molecule has 2 N–H and O–H groups in total. The molecule has 1 aromatic carbocycles. The van der Waals surface area contributed by atoms with Gasteiger partial charge in [-0.25, -0.2) is 18.4 Å². The van der Waals surface area contributed by atoms with Crippen molar-refractivity contribution in [1.29, 1.82) is 0 Å². The second-order valence-electron chi connectivity index (χ2n) is 9.45. The molecule has 2 fully saturated rings. The summed E-state index contributed by atoms with van der Waals surface area (Å²) in [7, 11) is -3.31. The fourth-order valence-electron chi connectivity index (χ4n) is 4.61. The van der Waals surface area contributed by atoms with Crippen LogP contribution in [0.3, 0.4) is 0 Å². The number of hydrogen-bond acceptors (Lipinski definition) is 7. The summed E-state index contributed by atoms with van der Waals surface area (Å²) in [5.74, 6) is 5.87. The van der Waals surface area contributed by atoms with Crippen LogP contribution in [-0.4, -0.2) is 54.5 Å². The number of nitrogens with one attached hydrogen (secondary N) is 1. The van der Waals surface area contributed by atoms with Gasteiger partial charge in [0.25, 0.3) is 0 Å². The molecule has 1 saturated heterocycles. The fraction of sp³-hybridized carbons (Fsp3) is 0.500. The summed E-state index contributed by atoms with van der Waals surface area (Å²) in [6.07, 6.45) is 10.2. The predicted molar refractivity (Wildman–Crippen MR) is 131 cm³/mol. The zero-order valence-electron chi connectivity index (χ0n) is 19.9. The molecule has 0 radical (unpaired) electrons. The number of ether oxygens (including phenoxy) is 1. The molecule has 0 spiro atoms. The number of hydrogen-bond donors (Lipinski definition) is 2. The molecule has 1 saturated carbocycles. The molecular weight excluding hydrogens is 466 g/mol. The molecule has 4 rings (SSSR count). The van der Waals surface area contributed by atoms with Gasteiger partial charge in [0.2, 0.25) is 5.91 Å². The van der Waals surface area contributed by atoms with Crippen LogP contribution < -0.4 is 5.32 Å². The first kappa shape index (κ1) is 25.3. The maximum atomic E-state index is 13.3. The zero-order valence-corrected chi connectivity index (χ0v) is 20.7. The SMILES string of the molecule is CS(=O)(=O)c1ccc([C@@H](CC2CCCC2)C(=O)Nc2cnc(C#CC3(O)CCOCC3)cn2)cc1. The van der Waals surface area contributed by atoms with Crippen molar-refractivity contribution < 1.29 is 23.1 Å². The van der Waals surface area contributed by atoms with E-state index in [4.69, 9.17) is 4.74 Å². The molecule has 0 unspecified atom stereocenters. The highest BCUT2D eigenvalue weighted by Gasteiger charge is 2.28. The van der Waals surface area contributed by atoms with E-state index in [1.165, 1.54) is 31.5 Å². The zero-order chi connectivity index (χ0) is 24.9. The van der Waals surface area contributed by atoms with E-state index in [0.717, 1.165) is 18.4 Å². The largest absolute Gasteiger partial charge is 0.381 e. The normalized spacial score (nSPS) is 18.9. The Hall–Kier alpha value is -2.80. The number of sulfone groups is 1. The average molecular weight is 498 g/mol. The van der Waals surface area contributed by atoms with Crippen LogP contribution in [0.2, 0.25) is 0 Å². The van der Waals surface area contributed by atoms with E-state index in [1.54, 1.807) is 24.3 Å². The van der Waals surface area contributed by atoms with Crippen molar-refractivity contribution in [3.8, 4) is 11.8 Å². The lowest BCUT2D eigenvalue weighted by Gasteiger charge is -2.26. The smallest absolute Gasteiger partial charge is 0.233 e. The second-order valence-corrected chi connectivity index (χ2v) is 11.5. The van der Waals surface area contributed by atoms with Gasteiger partial charge in [-0.3, -0.25) is 4.79 Å². The molecule has 1 atom stereocenters. The van der Waals surface area contributed by atoms with Crippen LogP contribution in [0.5, 0.6) is 0 Å². The molecule has 2 heterocycles. The molecule has 2 aromatic rings. The molecule has 1 aromatic heterocycles. The van der Waals surface area contributed by atoms with Crippen LogP contribution in [0.1, 0.15) is 62.1 Å². The first-order valence-electron chi connectivity index (χ1n) is 12.0. The van der Waals surface area contributed by atoms with E-state index in [-0.39, 0.29) is 10.8 Å². The lowest BCUT2D eigenvalue weighted by molar-refractivity contribution is -0.118. The van der Waals surface area contributed by atoms with Crippen LogP contribution in [0.15, 0.2) is 41.6 Å². The number of benzene rings is 1. The van der Waals surface area contributed by atoms with E-state index in [0.29, 0.717) is 49.9 Å². The summed E-state index contributed by atoms with van der Waals surface area (Å²) in [4.78, 5) is 22.0. The van der Waals surface area contributed by atoms with Gasteiger partial charge >= 0.3 is 0 Å². The first-order valence-corrected chi connectivity index (χ1v) is 13.9. The third kappa shape index (κ3) is 6.88.